The molecule has 0 bridgehead atoms. The lowest BCUT2D eigenvalue weighted by molar-refractivity contribution is -0.153. The molecule has 0 aliphatic heterocycles. The summed E-state index contributed by atoms with van der Waals surface area (Å²) in [5, 5.41) is 2.03. The number of anilines is 1. The first kappa shape index (κ1) is 29.4. The van der Waals surface area contributed by atoms with E-state index < -0.39 is 26.8 Å². The summed E-state index contributed by atoms with van der Waals surface area (Å²) in [5.74, 6) is -0.289. The van der Waals surface area contributed by atoms with Gasteiger partial charge >= 0.3 is 5.97 Å². The molecule has 0 radical (unpaired) electrons. The highest BCUT2D eigenvalue weighted by Gasteiger charge is 2.24. The third kappa shape index (κ3) is 8.19. The van der Waals surface area contributed by atoms with Crippen molar-refractivity contribution < 1.29 is 27.5 Å². The smallest absolute Gasteiger partial charge is 0.310 e. The molecule has 8 nitrogen and oxygen atoms in total. The first-order chi connectivity index (χ1) is 17.6. The number of carbonyl (C=O) groups excluding carboxylic acids is 2. The van der Waals surface area contributed by atoms with Crippen molar-refractivity contribution in [3.63, 3.8) is 0 Å². The standard InChI is InChI=1S/C27H28Cl2N2O6S/c1-27(2,3)37-24(32)14-16-5-12-23(20(13-16)25(30)38(4,34)35)36-19-9-6-17(7-10-19)26(33)31-18-8-11-21(28)22(29)15-18/h5-13,15,25H,14,30H2,1-4H3,(H,31,33). The number of nitrogens with two attached hydrogens (primary N) is 1. The first-order valence-electron chi connectivity index (χ1n) is 11.5. The third-order valence-electron chi connectivity index (χ3n) is 5.13. The van der Waals surface area contributed by atoms with Crippen molar-refractivity contribution >= 4 is 50.6 Å². The summed E-state index contributed by atoms with van der Waals surface area (Å²) >= 11 is 11.9. The second kappa shape index (κ2) is 11.7. The van der Waals surface area contributed by atoms with Crippen LogP contribution in [0.25, 0.3) is 0 Å². The highest BCUT2D eigenvalue weighted by Crippen LogP contribution is 2.33. The first-order valence-corrected chi connectivity index (χ1v) is 14.2. The fourth-order valence-electron chi connectivity index (χ4n) is 3.38. The van der Waals surface area contributed by atoms with Crippen LogP contribution in [0.5, 0.6) is 11.5 Å². The van der Waals surface area contributed by atoms with Crippen LogP contribution in [0.15, 0.2) is 60.7 Å². The van der Waals surface area contributed by atoms with Gasteiger partial charge < -0.3 is 20.5 Å². The molecule has 1 atom stereocenters. The van der Waals surface area contributed by atoms with Crippen molar-refractivity contribution in [3.05, 3.63) is 87.4 Å². The van der Waals surface area contributed by atoms with E-state index in [-0.39, 0.29) is 23.6 Å². The van der Waals surface area contributed by atoms with Gasteiger partial charge in [-0.05, 0) is 80.9 Å². The second-order valence-corrected chi connectivity index (χ2v) is 12.6. The van der Waals surface area contributed by atoms with Crippen molar-refractivity contribution in [1.82, 2.24) is 0 Å². The summed E-state index contributed by atoms with van der Waals surface area (Å²) < 4.78 is 35.7. The maximum Gasteiger partial charge on any atom is 0.310 e. The molecule has 0 aliphatic rings. The van der Waals surface area contributed by atoms with E-state index in [9.17, 15) is 18.0 Å². The lowest BCUT2D eigenvalue weighted by Crippen LogP contribution is -2.25. The van der Waals surface area contributed by atoms with Gasteiger partial charge in [-0.15, -0.1) is 0 Å². The van der Waals surface area contributed by atoms with Crippen LogP contribution in [-0.2, 0) is 25.8 Å². The molecular formula is C27H28Cl2N2O6S. The molecule has 0 fully saturated rings. The van der Waals surface area contributed by atoms with Crippen LogP contribution in [0.2, 0.25) is 10.0 Å². The van der Waals surface area contributed by atoms with Gasteiger partial charge in [-0.2, -0.15) is 0 Å². The van der Waals surface area contributed by atoms with Gasteiger partial charge in [0.2, 0.25) is 0 Å². The lowest BCUT2D eigenvalue weighted by atomic mass is 10.1. The van der Waals surface area contributed by atoms with E-state index in [1.165, 1.54) is 12.1 Å². The number of carbonyl (C=O) groups is 2. The Balaban J connectivity index is 1.81. The van der Waals surface area contributed by atoms with Crippen molar-refractivity contribution in [1.29, 1.82) is 0 Å². The second-order valence-electron chi connectivity index (χ2n) is 9.59. The average Bonchev–Trinajstić information content (AvgIpc) is 2.80. The Hall–Kier alpha value is -3.11. The Kier molecular flexibility index (Phi) is 9.09. The number of sulfone groups is 1. The average molecular weight is 580 g/mol. The van der Waals surface area contributed by atoms with E-state index in [4.69, 9.17) is 38.4 Å². The minimum atomic E-state index is -3.69. The zero-order valence-electron chi connectivity index (χ0n) is 21.2. The largest absolute Gasteiger partial charge is 0.460 e. The van der Waals surface area contributed by atoms with Crippen LogP contribution in [0.4, 0.5) is 5.69 Å². The molecule has 3 rings (SSSR count). The number of rotatable bonds is 8. The summed E-state index contributed by atoms with van der Waals surface area (Å²) in [5.41, 5.74) is 6.92. The number of ether oxygens (including phenoxy) is 2. The summed E-state index contributed by atoms with van der Waals surface area (Å²) in [6.07, 6.45) is 0.951. The van der Waals surface area contributed by atoms with Crippen LogP contribution < -0.4 is 15.8 Å². The van der Waals surface area contributed by atoms with Crippen LogP contribution in [0.1, 0.15) is 47.6 Å². The van der Waals surface area contributed by atoms with Crippen LogP contribution in [-0.4, -0.2) is 32.2 Å². The topological polar surface area (TPSA) is 125 Å². The van der Waals surface area contributed by atoms with Crippen LogP contribution in [0, 0.1) is 0 Å². The number of benzene rings is 3. The van der Waals surface area contributed by atoms with Gasteiger partial charge in [0, 0.05) is 23.1 Å². The van der Waals surface area contributed by atoms with Gasteiger partial charge in [0.25, 0.3) is 5.91 Å². The van der Waals surface area contributed by atoms with Gasteiger partial charge in [-0.1, -0.05) is 29.3 Å². The number of hydrogen-bond acceptors (Lipinski definition) is 7. The third-order valence-corrected chi connectivity index (χ3v) is 7.05. The molecule has 1 unspecified atom stereocenters. The molecule has 0 heterocycles. The molecule has 3 aromatic carbocycles. The van der Waals surface area contributed by atoms with Crippen molar-refractivity contribution in [2.75, 3.05) is 11.6 Å². The van der Waals surface area contributed by atoms with Gasteiger partial charge in [0.05, 0.1) is 16.5 Å². The van der Waals surface area contributed by atoms with Gasteiger partial charge in [-0.25, -0.2) is 8.42 Å². The number of hydrogen-bond donors (Lipinski definition) is 2. The molecule has 0 saturated carbocycles. The fraction of sp³-hybridized carbons (Fsp3) is 0.259. The van der Waals surface area contributed by atoms with Crippen LogP contribution in [0.3, 0.4) is 0 Å². The number of amides is 1. The minimum Gasteiger partial charge on any atom is -0.460 e. The zero-order valence-corrected chi connectivity index (χ0v) is 23.6. The molecule has 202 valence electrons. The maximum absolute atomic E-state index is 12.6. The number of halogens is 2. The summed E-state index contributed by atoms with van der Waals surface area (Å²) in [6, 6.07) is 15.7. The van der Waals surface area contributed by atoms with Gasteiger partial charge in [0.15, 0.2) is 9.84 Å². The van der Waals surface area contributed by atoms with E-state index >= 15 is 0 Å². The molecule has 3 N–H and O–H groups in total. The molecule has 0 spiro atoms. The van der Waals surface area contributed by atoms with E-state index in [0.717, 1.165) is 6.26 Å². The van der Waals surface area contributed by atoms with Crippen molar-refractivity contribution in [2.24, 2.45) is 5.73 Å². The highest BCUT2D eigenvalue weighted by molar-refractivity contribution is 7.90. The Labute approximate surface area is 232 Å². The molecule has 0 aliphatic carbocycles. The SMILES string of the molecule is CC(C)(C)OC(=O)Cc1ccc(Oc2ccc(C(=O)Nc3ccc(Cl)c(Cl)c3)cc2)c(C(N)S(C)(=O)=O)c1. The molecule has 0 aromatic heterocycles. The molecular weight excluding hydrogens is 551 g/mol. The predicted molar refractivity (Wildman–Crippen MR) is 149 cm³/mol. The number of esters is 1. The van der Waals surface area contributed by atoms with Crippen molar-refractivity contribution in [3.8, 4) is 11.5 Å². The monoisotopic (exact) mass is 578 g/mol. The minimum absolute atomic E-state index is 0.0658. The zero-order chi connectivity index (χ0) is 28.3. The normalized spacial score (nSPS) is 12.5. The Bertz CT molecular complexity index is 1450. The summed E-state index contributed by atoms with van der Waals surface area (Å²) in [6.45, 7) is 5.28. The number of nitrogens with one attached hydrogen (secondary N) is 1. The Morgan fingerprint density at radius 1 is 0.974 bits per heavy atom. The van der Waals surface area contributed by atoms with Crippen molar-refractivity contribution in [2.45, 2.75) is 38.2 Å². The summed E-state index contributed by atoms with van der Waals surface area (Å²) in [7, 11) is -3.69. The van der Waals surface area contributed by atoms with Gasteiger partial charge in [0.1, 0.15) is 22.5 Å². The molecule has 0 saturated heterocycles. The quantitative estimate of drug-likeness (QED) is 0.317. The van der Waals surface area contributed by atoms with E-state index in [1.807, 2.05) is 0 Å². The summed E-state index contributed by atoms with van der Waals surface area (Å²) in [4.78, 5) is 24.9. The van der Waals surface area contributed by atoms with E-state index in [1.54, 1.807) is 69.3 Å². The Morgan fingerprint density at radius 2 is 1.63 bits per heavy atom. The van der Waals surface area contributed by atoms with E-state index in [0.29, 0.717) is 32.6 Å². The van der Waals surface area contributed by atoms with Crippen LogP contribution >= 0.6 is 23.2 Å². The maximum atomic E-state index is 12.6. The molecule has 38 heavy (non-hydrogen) atoms. The Morgan fingerprint density at radius 3 is 2.21 bits per heavy atom. The van der Waals surface area contributed by atoms with E-state index in [2.05, 4.69) is 5.32 Å². The molecule has 1 amide bonds. The highest BCUT2D eigenvalue weighted by atomic mass is 35.5. The predicted octanol–water partition coefficient (Wildman–Crippen LogP) is 5.92. The van der Waals surface area contributed by atoms with Gasteiger partial charge in [-0.3, -0.25) is 9.59 Å². The molecule has 11 heteroatoms. The molecule has 3 aromatic rings. The lowest BCUT2D eigenvalue weighted by Gasteiger charge is -2.20. The fourth-order valence-corrected chi connectivity index (χ4v) is 4.32.